The lowest BCUT2D eigenvalue weighted by Gasteiger charge is -2.27. The molecule has 0 bridgehead atoms. The van der Waals surface area contributed by atoms with Gasteiger partial charge in [0.15, 0.2) is 0 Å². The number of amides is 1. The van der Waals surface area contributed by atoms with Gasteiger partial charge in [-0.25, -0.2) is 9.97 Å². The second-order valence-corrected chi connectivity index (χ2v) is 5.67. The second-order valence-electron chi connectivity index (χ2n) is 5.67. The summed E-state index contributed by atoms with van der Waals surface area (Å²) in [5.41, 5.74) is 2.38. The molecule has 0 unspecified atom stereocenters. The normalized spacial score (nSPS) is 15.0. The Labute approximate surface area is 132 Å². The Balaban J connectivity index is 2.04. The molecule has 0 atom stereocenters. The van der Waals surface area contributed by atoms with Crippen LogP contribution in [-0.2, 0) is 9.53 Å². The number of nitrogens with zero attached hydrogens (tertiary/aromatic N) is 3. The molecule has 122 valence electrons. The first kappa shape index (κ1) is 16.7. The van der Waals surface area contributed by atoms with Gasteiger partial charge in [0, 0.05) is 19.5 Å². The van der Waals surface area contributed by atoms with Crippen LogP contribution in [0.15, 0.2) is 0 Å². The maximum Gasteiger partial charge on any atom is 0.226 e. The van der Waals surface area contributed by atoms with Crippen molar-refractivity contribution in [3.63, 3.8) is 0 Å². The Morgan fingerprint density at radius 3 is 2.41 bits per heavy atom. The highest BCUT2D eigenvalue weighted by atomic mass is 16.5. The number of hydrogen-bond donors (Lipinski definition) is 1. The predicted molar refractivity (Wildman–Crippen MR) is 87.3 cm³/mol. The minimum Gasteiger partial charge on any atom is -0.378 e. The van der Waals surface area contributed by atoms with Crippen molar-refractivity contribution >= 4 is 17.5 Å². The van der Waals surface area contributed by atoms with Crippen LogP contribution in [0, 0.1) is 13.8 Å². The van der Waals surface area contributed by atoms with Gasteiger partial charge >= 0.3 is 0 Å². The number of aryl methyl sites for hydroxylation is 2. The van der Waals surface area contributed by atoms with E-state index in [0.29, 0.717) is 19.6 Å². The van der Waals surface area contributed by atoms with Crippen LogP contribution in [0.5, 0.6) is 0 Å². The summed E-state index contributed by atoms with van der Waals surface area (Å²) in [6.07, 6.45) is 3.67. The fourth-order valence-corrected chi connectivity index (χ4v) is 2.52. The molecule has 1 saturated heterocycles. The lowest BCUT2D eigenvalue weighted by molar-refractivity contribution is -0.116. The van der Waals surface area contributed by atoms with E-state index in [2.05, 4.69) is 27.1 Å². The molecule has 1 aromatic rings. The molecular formula is C16H26N4O2. The predicted octanol–water partition coefficient (Wildman–Crippen LogP) is 2.45. The van der Waals surface area contributed by atoms with Gasteiger partial charge in [-0.05, 0) is 20.3 Å². The number of anilines is 2. The summed E-state index contributed by atoms with van der Waals surface area (Å²) in [5, 5.41) is 2.96. The van der Waals surface area contributed by atoms with Gasteiger partial charge in [0.25, 0.3) is 0 Å². The summed E-state index contributed by atoms with van der Waals surface area (Å²) in [7, 11) is 0. The number of carbonyl (C=O) groups excluding carboxylic acids is 1. The van der Waals surface area contributed by atoms with Crippen LogP contribution in [0.1, 0.15) is 44.0 Å². The highest BCUT2D eigenvalue weighted by molar-refractivity contribution is 5.91. The van der Waals surface area contributed by atoms with Gasteiger partial charge in [-0.15, -0.1) is 0 Å². The number of rotatable bonds is 6. The van der Waals surface area contributed by atoms with Crippen LogP contribution in [0.4, 0.5) is 11.6 Å². The Hall–Kier alpha value is -1.69. The van der Waals surface area contributed by atoms with Crippen molar-refractivity contribution in [1.82, 2.24) is 9.97 Å². The average Bonchev–Trinajstić information content (AvgIpc) is 2.52. The van der Waals surface area contributed by atoms with Gasteiger partial charge < -0.3 is 15.0 Å². The lowest BCUT2D eigenvalue weighted by atomic mass is 10.2. The third kappa shape index (κ3) is 4.40. The molecule has 0 spiro atoms. The molecular weight excluding hydrogens is 280 g/mol. The topological polar surface area (TPSA) is 67.4 Å². The van der Waals surface area contributed by atoms with E-state index in [9.17, 15) is 4.79 Å². The SMILES string of the molecule is CCCCCC(=O)Nc1c(C)nc(N2CCOCC2)nc1C. The molecule has 2 rings (SSSR count). The van der Waals surface area contributed by atoms with E-state index in [1.807, 2.05) is 13.8 Å². The first-order valence-corrected chi connectivity index (χ1v) is 8.09. The molecule has 0 aliphatic carbocycles. The summed E-state index contributed by atoms with van der Waals surface area (Å²) in [6, 6.07) is 0. The van der Waals surface area contributed by atoms with Crippen LogP contribution in [0.3, 0.4) is 0 Å². The quantitative estimate of drug-likeness (QED) is 0.818. The minimum atomic E-state index is 0.0439. The van der Waals surface area contributed by atoms with Crippen molar-refractivity contribution < 1.29 is 9.53 Å². The van der Waals surface area contributed by atoms with E-state index in [0.717, 1.165) is 55.4 Å². The largest absolute Gasteiger partial charge is 0.378 e. The van der Waals surface area contributed by atoms with Crippen molar-refractivity contribution in [3.05, 3.63) is 11.4 Å². The van der Waals surface area contributed by atoms with Crippen LogP contribution < -0.4 is 10.2 Å². The third-order valence-electron chi connectivity index (χ3n) is 3.82. The van der Waals surface area contributed by atoms with E-state index >= 15 is 0 Å². The molecule has 1 aliphatic rings. The first-order valence-electron chi connectivity index (χ1n) is 8.09. The number of ether oxygens (including phenoxy) is 1. The van der Waals surface area contributed by atoms with Gasteiger partial charge in [-0.2, -0.15) is 0 Å². The maximum absolute atomic E-state index is 12.0. The fraction of sp³-hybridized carbons (Fsp3) is 0.688. The zero-order chi connectivity index (χ0) is 15.9. The highest BCUT2D eigenvalue weighted by Gasteiger charge is 2.17. The van der Waals surface area contributed by atoms with Crippen LogP contribution in [-0.4, -0.2) is 42.2 Å². The van der Waals surface area contributed by atoms with Crippen molar-refractivity contribution in [2.45, 2.75) is 46.5 Å². The number of nitrogens with one attached hydrogen (secondary N) is 1. The molecule has 0 radical (unpaired) electrons. The van der Waals surface area contributed by atoms with Crippen molar-refractivity contribution in [2.75, 3.05) is 36.5 Å². The van der Waals surface area contributed by atoms with Crippen LogP contribution >= 0.6 is 0 Å². The van der Waals surface area contributed by atoms with E-state index in [1.54, 1.807) is 0 Å². The molecule has 1 aromatic heterocycles. The van der Waals surface area contributed by atoms with E-state index < -0.39 is 0 Å². The molecule has 1 aliphatic heterocycles. The Kier molecular flexibility index (Phi) is 6.12. The number of morpholine rings is 1. The maximum atomic E-state index is 12.0. The summed E-state index contributed by atoms with van der Waals surface area (Å²) in [5.74, 6) is 0.768. The van der Waals surface area contributed by atoms with Gasteiger partial charge in [0.2, 0.25) is 11.9 Å². The van der Waals surface area contributed by atoms with Crippen LogP contribution in [0.25, 0.3) is 0 Å². The van der Waals surface area contributed by atoms with Crippen molar-refractivity contribution in [1.29, 1.82) is 0 Å². The molecule has 0 saturated carbocycles. The second kappa shape index (κ2) is 8.08. The van der Waals surface area contributed by atoms with E-state index in [-0.39, 0.29) is 5.91 Å². The lowest BCUT2D eigenvalue weighted by Crippen LogP contribution is -2.37. The van der Waals surface area contributed by atoms with Gasteiger partial charge in [-0.1, -0.05) is 19.8 Å². The molecule has 0 aromatic carbocycles. The minimum absolute atomic E-state index is 0.0439. The molecule has 22 heavy (non-hydrogen) atoms. The number of unbranched alkanes of at least 4 members (excludes halogenated alkanes) is 2. The number of carbonyl (C=O) groups is 1. The van der Waals surface area contributed by atoms with E-state index in [1.165, 1.54) is 0 Å². The molecule has 1 amide bonds. The molecule has 1 fully saturated rings. The third-order valence-corrected chi connectivity index (χ3v) is 3.82. The fourth-order valence-electron chi connectivity index (χ4n) is 2.52. The standard InChI is InChI=1S/C16H26N4O2/c1-4-5-6-7-14(21)19-15-12(2)17-16(18-13(15)3)20-8-10-22-11-9-20/h4-11H2,1-3H3,(H,19,21). The molecule has 6 nitrogen and oxygen atoms in total. The zero-order valence-corrected chi connectivity index (χ0v) is 13.8. The van der Waals surface area contributed by atoms with Gasteiger partial charge in [0.1, 0.15) is 0 Å². The molecule has 2 heterocycles. The van der Waals surface area contributed by atoms with E-state index in [4.69, 9.17) is 4.74 Å². The number of hydrogen-bond acceptors (Lipinski definition) is 5. The summed E-state index contributed by atoms with van der Waals surface area (Å²) in [6.45, 7) is 8.99. The van der Waals surface area contributed by atoms with Crippen molar-refractivity contribution in [3.8, 4) is 0 Å². The monoisotopic (exact) mass is 306 g/mol. The van der Waals surface area contributed by atoms with Crippen molar-refractivity contribution in [2.24, 2.45) is 0 Å². The van der Waals surface area contributed by atoms with Gasteiger partial charge in [-0.3, -0.25) is 4.79 Å². The van der Waals surface area contributed by atoms with Gasteiger partial charge in [0.05, 0.1) is 30.3 Å². The summed E-state index contributed by atoms with van der Waals surface area (Å²) in [4.78, 5) is 23.2. The average molecular weight is 306 g/mol. The molecule has 6 heteroatoms. The highest BCUT2D eigenvalue weighted by Crippen LogP contribution is 2.21. The summed E-state index contributed by atoms with van der Waals surface area (Å²) >= 11 is 0. The smallest absolute Gasteiger partial charge is 0.226 e. The Morgan fingerprint density at radius 2 is 1.82 bits per heavy atom. The Morgan fingerprint density at radius 1 is 1.18 bits per heavy atom. The first-order chi connectivity index (χ1) is 10.6. The number of aromatic nitrogens is 2. The molecule has 1 N–H and O–H groups in total. The zero-order valence-electron chi connectivity index (χ0n) is 13.8. The van der Waals surface area contributed by atoms with Crippen LogP contribution in [0.2, 0.25) is 0 Å². The summed E-state index contributed by atoms with van der Waals surface area (Å²) < 4.78 is 5.35. The Bertz CT molecular complexity index is 490.